The third-order valence-electron chi connectivity index (χ3n) is 3.87. The Labute approximate surface area is 195 Å². The average molecular weight is 481 g/mol. The maximum atomic E-state index is 12.1. The molecule has 9 nitrogen and oxygen atoms in total. The van der Waals surface area contributed by atoms with Crippen molar-refractivity contribution in [2.75, 3.05) is 32.2 Å². The number of nitrogens with one attached hydrogen (secondary N) is 3. The number of methoxy groups -OCH3 is 1. The maximum absolute atomic E-state index is 12.1. The molecule has 0 saturated heterocycles. The number of rotatable bonds is 10. The van der Waals surface area contributed by atoms with E-state index in [-0.39, 0.29) is 6.61 Å². The second-order valence-corrected chi connectivity index (χ2v) is 7.12. The zero-order valence-electron chi connectivity index (χ0n) is 17.2. The number of ether oxygens (including phenoxy) is 2. The maximum Gasteiger partial charge on any atom is 0.329 e. The number of hydrogen-bond acceptors (Lipinski definition) is 6. The topological polar surface area (TPSA) is 118 Å². The fourth-order valence-corrected chi connectivity index (χ4v) is 2.64. The third kappa shape index (κ3) is 8.54. The molecule has 0 radical (unpaired) electrons. The quantitative estimate of drug-likeness (QED) is 0.209. The molecule has 0 aromatic heterocycles. The lowest BCUT2D eigenvalue weighted by Crippen LogP contribution is -2.38. The molecular formula is C21H22Cl2N4O5. The number of anilines is 1. The van der Waals surface area contributed by atoms with E-state index in [1.54, 1.807) is 43.5 Å². The minimum atomic E-state index is -0.905. The molecule has 2 rings (SSSR count). The number of hydrazone groups is 1. The van der Waals surface area contributed by atoms with E-state index in [9.17, 15) is 14.4 Å². The number of halogens is 2. The zero-order valence-corrected chi connectivity index (χ0v) is 18.7. The summed E-state index contributed by atoms with van der Waals surface area (Å²) in [5.74, 6) is -1.76. The minimum Gasteiger partial charge on any atom is -0.483 e. The van der Waals surface area contributed by atoms with Crippen LogP contribution in [0.5, 0.6) is 5.75 Å². The normalized spacial score (nSPS) is 10.6. The highest BCUT2D eigenvalue weighted by molar-refractivity contribution is 6.42. The summed E-state index contributed by atoms with van der Waals surface area (Å²) >= 11 is 11.8. The summed E-state index contributed by atoms with van der Waals surface area (Å²) in [5, 5.41) is 9.55. The van der Waals surface area contributed by atoms with Crippen molar-refractivity contribution in [3.8, 4) is 5.75 Å². The lowest BCUT2D eigenvalue weighted by atomic mass is 10.2. The molecule has 0 spiro atoms. The molecule has 3 N–H and O–H groups in total. The van der Waals surface area contributed by atoms with Gasteiger partial charge in [0.15, 0.2) is 6.61 Å². The Morgan fingerprint density at radius 3 is 2.59 bits per heavy atom. The summed E-state index contributed by atoms with van der Waals surface area (Å²) in [5.41, 5.74) is 3.11. The van der Waals surface area contributed by atoms with Crippen LogP contribution in [0.3, 0.4) is 0 Å². The van der Waals surface area contributed by atoms with Crippen LogP contribution in [-0.4, -0.2) is 50.8 Å². The van der Waals surface area contributed by atoms with Gasteiger partial charge < -0.3 is 20.1 Å². The Balaban J connectivity index is 1.86. The van der Waals surface area contributed by atoms with Crippen LogP contribution in [0.15, 0.2) is 47.6 Å². The lowest BCUT2D eigenvalue weighted by Gasteiger charge is -2.10. The van der Waals surface area contributed by atoms with Crippen molar-refractivity contribution in [2.24, 2.45) is 5.10 Å². The average Bonchev–Trinajstić information content (AvgIpc) is 2.78. The van der Waals surface area contributed by atoms with E-state index in [4.69, 9.17) is 32.7 Å². The molecule has 0 heterocycles. The molecule has 32 heavy (non-hydrogen) atoms. The first-order chi connectivity index (χ1) is 15.4. The highest BCUT2D eigenvalue weighted by atomic mass is 35.5. The van der Waals surface area contributed by atoms with Crippen molar-refractivity contribution < 1.29 is 23.9 Å². The van der Waals surface area contributed by atoms with Crippen molar-refractivity contribution in [2.45, 2.75) is 6.42 Å². The van der Waals surface area contributed by atoms with Crippen molar-refractivity contribution in [3.63, 3.8) is 0 Å². The highest BCUT2D eigenvalue weighted by Gasteiger charge is 2.12. The van der Waals surface area contributed by atoms with Crippen LogP contribution in [0, 0.1) is 0 Å². The van der Waals surface area contributed by atoms with Crippen LogP contribution in [-0.2, 0) is 19.1 Å². The molecule has 2 aromatic rings. The summed E-state index contributed by atoms with van der Waals surface area (Å²) in [7, 11) is 1.55. The van der Waals surface area contributed by atoms with E-state index >= 15 is 0 Å². The van der Waals surface area contributed by atoms with Gasteiger partial charge in [-0.15, -0.1) is 0 Å². The van der Waals surface area contributed by atoms with E-state index in [0.29, 0.717) is 46.6 Å². The molecule has 0 aliphatic carbocycles. The molecule has 0 unspecified atom stereocenters. The number of hydrogen-bond donors (Lipinski definition) is 3. The van der Waals surface area contributed by atoms with Gasteiger partial charge in [-0.3, -0.25) is 14.4 Å². The molecular weight excluding hydrogens is 459 g/mol. The van der Waals surface area contributed by atoms with Crippen LogP contribution in [0.25, 0.3) is 0 Å². The van der Waals surface area contributed by atoms with E-state index < -0.39 is 17.7 Å². The molecule has 170 valence electrons. The minimum absolute atomic E-state index is 0.276. The van der Waals surface area contributed by atoms with Crippen LogP contribution < -0.4 is 20.8 Å². The van der Waals surface area contributed by atoms with Crippen LogP contribution >= 0.6 is 23.2 Å². The highest BCUT2D eigenvalue weighted by Crippen LogP contribution is 2.25. The molecule has 0 bridgehead atoms. The second-order valence-electron chi connectivity index (χ2n) is 6.30. The van der Waals surface area contributed by atoms with Gasteiger partial charge in [0.25, 0.3) is 5.91 Å². The van der Waals surface area contributed by atoms with Gasteiger partial charge in [-0.05, 0) is 36.8 Å². The molecule has 0 atom stereocenters. The van der Waals surface area contributed by atoms with Gasteiger partial charge in [0.05, 0.1) is 16.3 Å². The third-order valence-corrected chi connectivity index (χ3v) is 4.61. The van der Waals surface area contributed by atoms with Gasteiger partial charge in [0, 0.05) is 31.5 Å². The van der Waals surface area contributed by atoms with Crippen LogP contribution in [0.2, 0.25) is 10.0 Å². The molecule has 0 saturated carbocycles. The van der Waals surface area contributed by atoms with Crippen LogP contribution in [0.4, 0.5) is 5.69 Å². The number of nitrogens with zero attached hydrogens (tertiary/aromatic N) is 1. The summed E-state index contributed by atoms with van der Waals surface area (Å²) in [4.78, 5) is 35.5. The van der Waals surface area contributed by atoms with Crippen molar-refractivity contribution in [3.05, 3.63) is 58.1 Å². The predicted octanol–water partition coefficient (Wildman–Crippen LogP) is 2.61. The number of para-hydroxylation sites is 1. The summed E-state index contributed by atoms with van der Waals surface area (Å²) in [6.07, 6.45) is 1.89. The Morgan fingerprint density at radius 1 is 1.06 bits per heavy atom. The monoisotopic (exact) mass is 480 g/mol. The Morgan fingerprint density at radius 2 is 1.84 bits per heavy atom. The first-order valence-electron chi connectivity index (χ1n) is 9.47. The van der Waals surface area contributed by atoms with E-state index in [1.807, 2.05) is 0 Å². The summed E-state index contributed by atoms with van der Waals surface area (Å²) < 4.78 is 10.4. The molecule has 0 fully saturated rings. The van der Waals surface area contributed by atoms with E-state index in [2.05, 4.69) is 21.2 Å². The standard InChI is InChI=1S/C21H22Cl2N4O5/c1-31-10-4-9-24-20(29)21(30)27-25-12-14-5-2-3-6-18(14)32-13-19(28)26-15-7-8-16(22)17(23)11-15/h2-3,5-8,11-12H,4,9-10,13H2,1H3,(H,24,29)(H,26,28)(H,27,30)/b25-12-. The first kappa shape index (κ1) is 25.1. The van der Waals surface area contributed by atoms with E-state index in [1.165, 1.54) is 12.3 Å². The van der Waals surface area contributed by atoms with Gasteiger partial charge in [0.1, 0.15) is 5.75 Å². The zero-order chi connectivity index (χ0) is 23.3. The fourth-order valence-electron chi connectivity index (χ4n) is 2.34. The van der Waals surface area contributed by atoms with Crippen molar-refractivity contribution in [1.29, 1.82) is 0 Å². The van der Waals surface area contributed by atoms with Gasteiger partial charge in [-0.25, -0.2) is 5.43 Å². The number of carbonyl (C=O) groups is 3. The van der Waals surface area contributed by atoms with E-state index in [0.717, 1.165) is 0 Å². The van der Waals surface area contributed by atoms with Gasteiger partial charge in [0.2, 0.25) is 0 Å². The molecule has 2 aromatic carbocycles. The molecule has 11 heteroatoms. The molecule has 3 amide bonds. The van der Waals surface area contributed by atoms with Gasteiger partial charge in [-0.2, -0.15) is 5.10 Å². The summed E-state index contributed by atoms with van der Waals surface area (Å²) in [6.45, 7) is 0.508. The smallest absolute Gasteiger partial charge is 0.329 e. The lowest BCUT2D eigenvalue weighted by molar-refractivity contribution is -0.139. The molecule has 0 aliphatic rings. The second kappa shape index (κ2) is 13.3. The van der Waals surface area contributed by atoms with Crippen molar-refractivity contribution >= 4 is 52.8 Å². The molecule has 0 aliphatic heterocycles. The number of amides is 3. The summed E-state index contributed by atoms with van der Waals surface area (Å²) in [6, 6.07) is 11.5. The fraction of sp³-hybridized carbons (Fsp3) is 0.238. The Bertz CT molecular complexity index is 984. The largest absolute Gasteiger partial charge is 0.483 e. The van der Waals surface area contributed by atoms with Crippen LogP contribution in [0.1, 0.15) is 12.0 Å². The van der Waals surface area contributed by atoms with Crippen molar-refractivity contribution in [1.82, 2.24) is 10.7 Å². The van der Waals surface area contributed by atoms with Gasteiger partial charge in [-0.1, -0.05) is 35.3 Å². The number of carbonyl (C=O) groups excluding carboxylic acids is 3. The Kier molecular flexibility index (Phi) is 10.5. The SMILES string of the molecule is COCCCNC(=O)C(=O)N/N=C\c1ccccc1OCC(=O)Nc1ccc(Cl)c(Cl)c1. The predicted molar refractivity (Wildman–Crippen MR) is 122 cm³/mol. The first-order valence-corrected chi connectivity index (χ1v) is 10.2. The van der Waals surface area contributed by atoms with Gasteiger partial charge >= 0.3 is 11.8 Å². The Hall–Kier alpha value is -3.14. The number of benzene rings is 2.